The average Bonchev–Trinajstić information content (AvgIpc) is 3.18. The Balaban J connectivity index is 1.68. The van der Waals surface area contributed by atoms with Crippen molar-refractivity contribution in [1.29, 1.82) is 0 Å². The summed E-state index contributed by atoms with van der Waals surface area (Å²) < 4.78 is 35.0. The molecule has 0 amide bonds. The molecule has 34 heavy (non-hydrogen) atoms. The first-order chi connectivity index (χ1) is 16.0. The maximum absolute atomic E-state index is 13.9. The van der Waals surface area contributed by atoms with Crippen LogP contribution in [0, 0.1) is 18.6 Å². The molecule has 176 valence electrons. The standard InChI is InChI=1S/C24H20ClF2N3O4/c1-13-28-21(34-12-15-4-5-16(26)11-18(15)27)20(25)22(31)30(13)17-6-7-19-14(10-17)8-9-29(19)23(32)24(2,3)33/h4-11,33H,12H2,1-3H3. The molecule has 2 aromatic carbocycles. The van der Waals surface area contributed by atoms with E-state index < -0.39 is 28.7 Å². The molecule has 2 heterocycles. The van der Waals surface area contributed by atoms with Crippen molar-refractivity contribution in [3.63, 3.8) is 0 Å². The number of halogens is 3. The molecular formula is C24H20ClF2N3O4. The SMILES string of the molecule is Cc1nc(OCc2ccc(F)cc2F)c(Cl)c(=O)n1-c1ccc2c(ccn2C(=O)C(C)(C)O)c1. The monoisotopic (exact) mass is 487 g/mol. The minimum atomic E-state index is -1.55. The highest BCUT2D eigenvalue weighted by molar-refractivity contribution is 6.31. The van der Waals surface area contributed by atoms with Crippen LogP contribution in [0.15, 0.2) is 53.5 Å². The molecule has 7 nitrogen and oxygen atoms in total. The second kappa shape index (κ2) is 8.66. The fourth-order valence-electron chi connectivity index (χ4n) is 3.51. The van der Waals surface area contributed by atoms with Crippen LogP contribution in [0.4, 0.5) is 8.78 Å². The third-order valence-electron chi connectivity index (χ3n) is 5.22. The number of aryl methyl sites for hydroxylation is 1. The number of hydrogen-bond donors (Lipinski definition) is 1. The van der Waals surface area contributed by atoms with Crippen LogP contribution in [-0.4, -0.2) is 30.7 Å². The van der Waals surface area contributed by atoms with Gasteiger partial charge in [-0.25, -0.2) is 8.78 Å². The van der Waals surface area contributed by atoms with Crippen LogP contribution in [0.25, 0.3) is 16.6 Å². The molecule has 0 spiro atoms. The van der Waals surface area contributed by atoms with Gasteiger partial charge in [0.2, 0.25) is 5.88 Å². The summed E-state index contributed by atoms with van der Waals surface area (Å²) in [5, 5.41) is 10.4. The number of fused-ring (bicyclic) bond motifs is 1. The molecule has 4 rings (SSSR count). The summed E-state index contributed by atoms with van der Waals surface area (Å²) in [6.07, 6.45) is 1.54. The van der Waals surface area contributed by atoms with Gasteiger partial charge in [-0.15, -0.1) is 0 Å². The van der Waals surface area contributed by atoms with E-state index in [1.54, 1.807) is 37.4 Å². The van der Waals surface area contributed by atoms with E-state index >= 15 is 0 Å². The van der Waals surface area contributed by atoms with E-state index in [4.69, 9.17) is 16.3 Å². The first-order valence-electron chi connectivity index (χ1n) is 10.2. The Hall–Kier alpha value is -3.56. The molecule has 10 heteroatoms. The lowest BCUT2D eigenvalue weighted by Crippen LogP contribution is -2.35. The van der Waals surface area contributed by atoms with Gasteiger partial charge in [0.25, 0.3) is 11.5 Å². The van der Waals surface area contributed by atoms with E-state index in [0.717, 1.165) is 12.1 Å². The number of benzene rings is 2. The Morgan fingerprint density at radius 2 is 1.91 bits per heavy atom. The number of aliphatic hydroxyl groups is 1. The van der Waals surface area contributed by atoms with Crippen LogP contribution in [0.1, 0.15) is 30.0 Å². The maximum atomic E-state index is 13.9. The minimum Gasteiger partial charge on any atom is -0.471 e. The lowest BCUT2D eigenvalue weighted by atomic mass is 10.1. The molecule has 0 unspecified atom stereocenters. The average molecular weight is 488 g/mol. The molecule has 1 N–H and O–H groups in total. The highest BCUT2D eigenvalue weighted by Gasteiger charge is 2.26. The van der Waals surface area contributed by atoms with E-state index in [0.29, 0.717) is 16.6 Å². The van der Waals surface area contributed by atoms with Gasteiger partial charge in [0, 0.05) is 23.2 Å². The number of nitrogens with zero attached hydrogens (tertiary/aromatic N) is 3. The highest BCUT2D eigenvalue weighted by atomic mass is 35.5. The zero-order chi connectivity index (χ0) is 24.8. The first-order valence-corrected chi connectivity index (χ1v) is 10.6. The summed E-state index contributed by atoms with van der Waals surface area (Å²) in [6, 6.07) is 9.70. The van der Waals surface area contributed by atoms with Crippen molar-refractivity contribution in [1.82, 2.24) is 14.1 Å². The number of rotatable bonds is 5. The predicted octanol–water partition coefficient (Wildman–Crippen LogP) is 4.42. The molecule has 0 aliphatic carbocycles. The van der Waals surface area contributed by atoms with Crippen LogP contribution in [0.3, 0.4) is 0 Å². The third-order valence-corrected chi connectivity index (χ3v) is 5.54. The van der Waals surface area contributed by atoms with Crippen LogP contribution >= 0.6 is 11.6 Å². The summed E-state index contributed by atoms with van der Waals surface area (Å²) in [7, 11) is 0. The van der Waals surface area contributed by atoms with Crippen molar-refractivity contribution < 1.29 is 23.4 Å². The van der Waals surface area contributed by atoms with Gasteiger partial charge in [0.15, 0.2) is 5.02 Å². The molecular weight excluding hydrogens is 468 g/mol. The lowest BCUT2D eigenvalue weighted by molar-refractivity contribution is 0.0398. The fraction of sp³-hybridized carbons (Fsp3) is 0.208. The number of hydrogen-bond acceptors (Lipinski definition) is 5. The van der Waals surface area contributed by atoms with E-state index in [2.05, 4.69) is 4.98 Å². The molecule has 0 saturated carbocycles. The quantitative estimate of drug-likeness (QED) is 0.450. The predicted molar refractivity (Wildman–Crippen MR) is 123 cm³/mol. The maximum Gasteiger partial charge on any atom is 0.280 e. The zero-order valence-corrected chi connectivity index (χ0v) is 19.2. The topological polar surface area (TPSA) is 86.4 Å². The molecule has 0 aliphatic heterocycles. The number of carbonyl (C=O) groups excluding carboxylic acids is 1. The number of aromatic nitrogens is 3. The highest BCUT2D eigenvalue weighted by Crippen LogP contribution is 2.25. The van der Waals surface area contributed by atoms with Crippen molar-refractivity contribution in [3.8, 4) is 11.6 Å². The van der Waals surface area contributed by atoms with Gasteiger partial charge in [-0.05, 0) is 57.2 Å². The smallest absolute Gasteiger partial charge is 0.280 e. The summed E-state index contributed by atoms with van der Waals surface area (Å²) >= 11 is 6.21. The van der Waals surface area contributed by atoms with E-state index in [9.17, 15) is 23.5 Å². The Labute approximate surface area is 197 Å². The molecule has 0 fully saturated rings. The van der Waals surface area contributed by atoms with Gasteiger partial charge < -0.3 is 9.84 Å². The molecule has 0 atom stereocenters. The molecule has 0 saturated heterocycles. The molecule has 0 aliphatic rings. The molecule has 0 radical (unpaired) electrons. The summed E-state index contributed by atoms with van der Waals surface area (Å²) in [5.74, 6) is -1.91. The van der Waals surface area contributed by atoms with Gasteiger partial charge in [0.05, 0.1) is 11.2 Å². The van der Waals surface area contributed by atoms with Crippen LogP contribution in [0.2, 0.25) is 5.02 Å². The van der Waals surface area contributed by atoms with Gasteiger partial charge in [-0.3, -0.25) is 18.7 Å². The minimum absolute atomic E-state index is 0.0802. The molecule has 0 bridgehead atoms. The number of carbonyl (C=O) groups is 1. The number of ether oxygens (including phenoxy) is 1. The van der Waals surface area contributed by atoms with Crippen LogP contribution < -0.4 is 10.3 Å². The second-order valence-corrected chi connectivity index (χ2v) is 8.61. The van der Waals surface area contributed by atoms with E-state index in [-0.39, 0.29) is 28.9 Å². The first kappa shape index (κ1) is 23.6. The lowest BCUT2D eigenvalue weighted by Gasteiger charge is -2.17. The fourth-order valence-corrected chi connectivity index (χ4v) is 3.69. The van der Waals surface area contributed by atoms with Crippen molar-refractivity contribution in [2.24, 2.45) is 0 Å². The summed E-state index contributed by atoms with van der Waals surface area (Å²) in [4.78, 5) is 29.7. The normalized spacial score (nSPS) is 11.7. The van der Waals surface area contributed by atoms with Gasteiger partial charge in [-0.1, -0.05) is 11.6 Å². The Morgan fingerprint density at radius 3 is 2.59 bits per heavy atom. The summed E-state index contributed by atoms with van der Waals surface area (Å²) in [5.41, 5.74) is -1.06. The van der Waals surface area contributed by atoms with Crippen molar-refractivity contribution >= 4 is 28.4 Å². The van der Waals surface area contributed by atoms with E-state index in [1.165, 1.54) is 29.0 Å². The van der Waals surface area contributed by atoms with Crippen LogP contribution in [0.5, 0.6) is 5.88 Å². The third kappa shape index (κ3) is 4.32. The molecule has 2 aromatic heterocycles. The Morgan fingerprint density at radius 1 is 1.18 bits per heavy atom. The van der Waals surface area contributed by atoms with Gasteiger partial charge in [0.1, 0.15) is 29.7 Å². The Kier molecular flexibility index (Phi) is 6.01. The van der Waals surface area contributed by atoms with Crippen molar-refractivity contribution in [2.45, 2.75) is 33.0 Å². The van der Waals surface area contributed by atoms with Crippen molar-refractivity contribution in [3.05, 3.63) is 87.1 Å². The zero-order valence-electron chi connectivity index (χ0n) is 18.5. The Bertz CT molecular complexity index is 1490. The van der Waals surface area contributed by atoms with Crippen molar-refractivity contribution in [2.75, 3.05) is 0 Å². The summed E-state index contributed by atoms with van der Waals surface area (Å²) in [6.45, 7) is 4.09. The molecule has 4 aromatic rings. The van der Waals surface area contributed by atoms with Gasteiger partial charge >= 0.3 is 0 Å². The largest absolute Gasteiger partial charge is 0.471 e. The van der Waals surface area contributed by atoms with E-state index in [1.807, 2.05) is 0 Å². The van der Waals surface area contributed by atoms with Gasteiger partial charge in [-0.2, -0.15) is 4.98 Å². The van der Waals surface area contributed by atoms with Crippen LogP contribution in [-0.2, 0) is 6.61 Å². The second-order valence-electron chi connectivity index (χ2n) is 8.24.